The van der Waals surface area contributed by atoms with Gasteiger partial charge in [0.05, 0.1) is 23.9 Å². The maximum Gasteiger partial charge on any atom is 0.229 e. The zero-order valence-corrected chi connectivity index (χ0v) is 18.2. The molecule has 0 saturated carbocycles. The smallest absolute Gasteiger partial charge is 0.229 e. The van der Waals surface area contributed by atoms with Gasteiger partial charge < -0.3 is 15.0 Å². The van der Waals surface area contributed by atoms with Crippen LogP contribution in [0.25, 0.3) is 5.82 Å². The van der Waals surface area contributed by atoms with E-state index in [0.717, 1.165) is 42.4 Å². The molecule has 1 N–H and O–H groups in total. The highest BCUT2D eigenvalue weighted by molar-refractivity contribution is 5.94. The Hall–Kier alpha value is -3.42. The summed E-state index contributed by atoms with van der Waals surface area (Å²) in [4.78, 5) is 24.0. The van der Waals surface area contributed by atoms with Gasteiger partial charge in [0.15, 0.2) is 5.82 Å². The van der Waals surface area contributed by atoms with Gasteiger partial charge in [-0.15, -0.1) is 0 Å². The molecule has 4 rings (SSSR count). The molecular formula is C23H28N6O2. The average molecular weight is 421 g/mol. The molecule has 1 saturated heterocycles. The van der Waals surface area contributed by atoms with E-state index in [0.29, 0.717) is 24.6 Å². The van der Waals surface area contributed by atoms with Crippen molar-refractivity contribution in [3.8, 4) is 11.6 Å². The van der Waals surface area contributed by atoms with Gasteiger partial charge in [-0.05, 0) is 51.8 Å². The van der Waals surface area contributed by atoms with Gasteiger partial charge in [0.1, 0.15) is 17.9 Å². The quantitative estimate of drug-likeness (QED) is 0.657. The first-order valence-electron chi connectivity index (χ1n) is 10.7. The third kappa shape index (κ3) is 4.68. The van der Waals surface area contributed by atoms with Gasteiger partial charge in [0.2, 0.25) is 5.91 Å². The average Bonchev–Trinajstić information content (AvgIpc) is 3.13. The van der Waals surface area contributed by atoms with Crippen molar-refractivity contribution in [2.75, 3.05) is 29.9 Å². The standard InChI is InChI=1S/C23H28N6O2/c1-4-31-20-10-6-5-9-19(20)26-23(30)18-8-7-11-28(14-18)21-13-22(25-15-24-21)29-17(3)12-16(2)27-29/h5-6,9-10,12-13,15,18H,4,7-8,11,14H2,1-3H3,(H,26,30). The van der Waals surface area contributed by atoms with Crippen LogP contribution < -0.4 is 15.0 Å². The lowest BCUT2D eigenvalue weighted by Gasteiger charge is -2.33. The molecule has 0 aliphatic carbocycles. The number of nitrogens with zero attached hydrogens (tertiary/aromatic N) is 5. The van der Waals surface area contributed by atoms with Gasteiger partial charge >= 0.3 is 0 Å². The molecule has 31 heavy (non-hydrogen) atoms. The Balaban J connectivity index is 1.48. The number of carbonyl (C=O) groups excluding carboxylic acids is 1. The van der Waals surface area contributed by atoms with E-state index in [-0.39, 0.29) is 11.8 Å². The molecule has 8 nitrogen and oxygen atoms in total. The van der Waals surface area contributed by atoms with Crippen LogP contribution in [-0.2, 0) is 4.79 Å². The highest BCUT2D eigenvalue weighted by Crippen LogP contribution is 2.27. The topological polar surface area (TPSA) is 85.2 Å². The van der Waals surface area contributed by atoms with Crippen LogP contribution >= 0.6 is 0 Å². The number of hydrogen-bond donors (Lipinski definition) is 1. The minimum absolute atomic E-state index is 0.00433. The monoisotopic (exact) mass is 420 g/mol. The van der Waals surface area contributed by atoms with Crippen LogP contribution in [0.4, 0.5) is 11.5 Å². The van der Waals surface area contributed by atoms with Crippen LogP contribution in [0, 0.1) is 19.8 Å². The van der Waals surface area contributed by atoms with Crippen LogP contribution in [0.1, 0.15) is 31.2 Å². The summed E-state index contributed by atoms with van der Waals surface area (Å²) >= 11 is 0. The molecule has 1 aliphatic rings. The number of para-hydroxylation sites is 2. The van der Waals surface area contributed by atoms with Gasteiger partial charge in [-0.3, -0.25) is 4.79 Å². The normalized spacial score (nSPS) is 16.2. The summed E-state index contributed by atoms with van der Waals surface area (Å²) in [6, 6.07) is 11.5. The van der Waals surface area contributed by atoms with E-state index in [9.17, 15) is 4.79 Å². The van der Waals surface area contributed by atoms with E-state index in [1.807, 2.05) is 61.9 Å². The predicted molar refractivity (Wildman–Crippen MR) is 120 cm³/mol. The van der Waals surface area contributed by atoms with Gasteiger partial charge in [-0.25, -0.2) is 14.6 Å². The first-order valence-corrected chi connectivity index (χ1v) is 10.7. The van der Waals surface area contributed by atoms with Crippen LogP contribution in [-0.4, -0.2) is 45.4 Å². The fraction of sp³-hybridized carbons (Fsp3) is 0.391. The van der Waals surface area contributed by atoms with Gasteiger partial charge in [-0.1, -0.05) is 12.1 Å². The van der Waals surface area contributed by atoms with Crippen molar-refractivity contribution in [3.05, 3.63) is 54.1 Å². The summed E-state index contributed by atoms with van der Waals surface area (Å²) in [6.07, 6.45) is 3.32. The molecule has 8 heteroatoms. The Bertz CT molecular complexity index is 1060. The zero-order valence-electron chi connectivity index (χ0n) is 18.2. The molecule has 1 fully saturated rings. The van der Waals surface area contributed by atoms with Crippen molar-refractivity contribution >= 4 is 17.4 Å². The molecule has 2 aromatic heterocycles. The van der Waals surface area contributed by atoms with E-state index in [2.05, 4.69) is 25.3 Å². The molecule has 1 unspecified atom stereocenters. The van der Waals surface area contributed by atoms with Crippen molar-refractivity contribution in [1.82, 2.24) is 19.7 Å². The third-order valence-corrected chi connectivity index (χ3v) is 5.43. The fourth-order valence-electron chi connectivity index (χ4n) is 3.97. The van der Waals surface area contributed by atoms with Crippen LogP contribution in [0.2, 0.25) is 0 Å². The summed E-state index contributed by atoms with van der Waals surface area (Å²) in [5.74, 6) is 2.11. The second-order valence-electron chi connectivity index (χ2n) is 7.78. The van der Waals surface area contributed by atoms with Crippen molar-refractivity contribution in [2.45, 2.75) is 33.6 Å². The van der Waals surface area contributed by atoms with E-state index in [1.54, 1.807) is 6.33 Å². The Morgan fingerprint density at radius 3 is 2.77 bits per heavy atom. The van der Waals surface area contributed by atoms with Crippen LogP contribution in [0.3, 0.4) is 0 Å². The van der Waals surface area contributed by atoms with Gasteiger partial charge in [0, 0.05) is 24.8 Å². The van der Waals surface area contributed by atoms with E-state index >= 15 is 0 Å². The lowest BCUT2D eigenvalue weighted by atomic mass is 9.97. The number of rotatable bonds is 6. The Kier molecular flexibility index (Phi) is 6.16. The third-order valence-electron chi connectivity index (χ3n) is 5.43. The number of carbonyl (C=O) groups is 1. The number of hydrogen-bond acceptors (Lipinski definition) is 6. The minimum Gasteiger partial charge on any atom is -0.492 e. The zero-order chi connectivity index (χ0) is 21.8. The summed E-state index contributed by atoms with van der Waals surface area (Å²) in [5.41, 5.74) is 2.67. The summed E-state index contributed by atoms with van der Waals surface area (Å²) < 4.78 is 7.45. The largest absolute Gasteiger partial charge is 0.492 e. The van der Waals surface area contributed by atoms with Crippen molar-refractivity contribution in [1.29, 1.82) is 0 Å². The number of amides is 1. The predicted octanol–water partition coefficient (Wildman–Crippen LogP) is 3.53. The number of aryl methyl sites for hydroxylation is 2. The van der Waals surface area contributed by atoms with E-state index in [4.69, 9.17) is 4.74 Å². The highest BCUT2D eigenvalue weighted by Gasteiger charge is 2.27. The molecule has 0 spiro atoms. The molecule has 1 aromatic carbocycles. The Labute approximate surface area is 182 Å². The number of benzene rings is 1. The van der Waals surface area contributed by atoms with Crippen molar-refractivity contribution < 1.29 is 9.53 Å². The Morgan fingerprint density at radius 1 is 1.19 bits per heavy atom. The molecule has 0 bridgehead atoms. The number of ether oxygens (including phenoxy) is 1. The van der Waals surface area contributed by atoms with E-state index in [1.165, 1.54) is 0 Å². The molecule has 3 aromatic rings. The Morgan fingerprint density at radius 2 is 2.00 bits per heavy atom. The first kappa shape index (κ1) is 20.8. The lowest BCUT2D eigenvalue weighted by molar-refractivity contribution is -0.120. The van der Waals surface area contributed by atoms with Crippen LogP contribution in [0.5, 0.6) is 5.75 Å². The lowest BCUT2D eigenvalue weighted by Crippen LogP contribution is -2.41. The fourth-order valence-corrected chi connectivity index (χ4v) is 3.97. The van der Waals surface area contributed by atoms with Gasteiger partial charge in [0.25, 0.3) is 0 Å². The molecule has 3 heterocycles. The summed E-state index contributed by atoms with van der Waals surface area (Å²) in [7, 11) is 0. The van der Waals surface area contributed by atoms with E-state index < -0.39 is 0 Å². The van der Waals surface area contributed by atoms with Crippen LogP contribution in [0.15, 0.2) is 42.7 Å². The molecule has 0 radical (unpaired) electrons. The summed E-state index contributed by atoms with van der Waals surface area (Å²) in [5, 5.41) is 7.56. The minimum atomic E-state index is -0.129. The van der Waals surface area contributed by atoms with Crippen molar-refractivity contribution in [3.63, 3.8) is 0 Å². The molecular weight excluding hydrogens is 392 g/mol. The van der Waals surface area contributed by atoms with Gasteiger partial charge in [-0.2, -0.15) is 5.10 Å². The number of aromatic nitrogens is 4. The maximum atomic E-state index is 13.0. The van der Waals surface area contributed by atoms with Crippen molar-refractivity contribution in [2.24, 2.45) is 5.92 Å². The molecule has 1 aliphatic heterocycles. The second kappa shape index (κ2) is 9.16. The number of anilines is 2. The SMILES string of the molecule is CCOc1ccccc1NC(=O)C1CCCN(c2cc(-n3nc(C)cc3C)ncn2)C1. The second-order valence-corrected chi connectivity index (χ2v) is 7.78. The summed E-state index contributed by atoms with van der Waals surface area (Å²) in [6.45, 7) is 7.91. The highest BCUT2D eigenvalue weighted by atomic mass is 16.5. The number of nitrogens with one attached hydrogen (secondary N) is 1. The number of piperidine rings is 1. The molecule has 1 atom stereocenters. The maximum absolute atomic E-state index is 13.0. The molecule has 1 amide bonds. The first-order chi connectivity index (χ1) is 15.0. The molecule has 162 valence electrons.